The van der Waals surface area contributed by atoms with Crippen molar-refractivity contribution in [3.8, 4) is 0 Å². The fraction of sp³-hybridized carbons (Fsp3) is 0.611. The van der Waals surface area contributed by atoms with E-state index in [2.05, 4.69) is 43.4 Å². The van der Waals surface area contributed by atoms with Crippen LogP contribution < -0.4 is 11.1 Å². The second kappa shape index (κ2) is 7.01. The highest BCUT2D eigenvalue weighted by atomic mass is 35.5. The lowest BCUT2D eigenvalue weighted by molar-refractivity contribution is -0.127. The lowest BCUT2D eigenvalue weighted by Crippen LogP contribution is -2.45. The second-order valence-corrected chi connectivity index (χ2v) is 7.05. The van der Waals surface area contributed by atoms with Crippen molar-refractivity contribution in [2.45, 2.75) is 51.6 Å². The fourth-order valence-electron chi connectivity index (χ4n) is 4.05. The van der Waals surface area contributed by atoms with Crippen molar-refractivity contribution in [2.75, 3.05) is 0 Å². The van der Waals surface area contributed by atoms with E-state index in [0.29, 0.717) is 24.3 Å². The summed E-state index contributed by atoms with van der Waals surface area (Å²) in [5.74, 6) is 1.84. The molecular formula is C18H27ClN2O. The largest absolute Gasteiger partial charge is 0.352 e. The van der Waals surface area contributed by atoms with Gasteiger partial charge < -0.3 is 11.1 Å². The number of nitrogens with one attached hydrogen (secondary N) is 1. The Labute approximate surface area is 139 Å². The van der Waals surface area contributed by atoms with Crippen LogP contribution >= 0.6 is 12.4 Å². The van der Waals surface area contributed by atoms with Crippen LogP contribution in [0.2, 0.25) is 0 Å². The van der Waals surface area contributed by atoms with Gasteiger partial charge in [0, 0.05) is 12.6 Å². The molecule has 122 valence electrons. The van der Waals surface area contributed by atoms with Gasteiger partial charge in [-0.15, -0.1) is 12.4 Å². The summed E-state index contributed by atoms with van der Waals surface area (Å²) < 4.78 is 0. The van der Waals surface area contributed by atoms with Crippen LogP contribution in [0, 0.1) is 17.8 Å². The van der Waals surface area contributed by atoms with E-state index in [1.165, 1.54) is 18.4 Å². The van der Waals surface area contributed by atoms with Gasteiger partial charge in [-0.2, -0.15) is 0 Å². The molecule has 2 aliphatic rings. The van der Waals surface area contributed by atoms with Gasteiger partial charge in [0.05, 0.1) is 5.92 Å². The second-order valence-electron chi connectivity index (χ2n) is 7.05. The van der Waals surface area contributed by atoms with E-state index in [0.717, 1.165) is 12.0 Å². The Kier molecular flexibility index (Phi) is 5.51. The van der Waals surface area contributed by atoms with Gasteiger partial charge in [0.15, 0.2) is 0 Å². The zero-order valence-corrected chi connectivity index (χ0v) is 14.2. The maximum Gasteiger partial charge on any atom is 0.225 e. The maximum absolute atomic E-state index is 12.4. The number of hydrogen-bond acceptors (Lipinski definition) is 2. The van der Waals surface area contributed by atoms with Crippen molar-refractivity contribution in [3.63, 3.8) is 0 Å². The monoisotopic (exact) mass is 322 g/mol. The number of carbonyl (C=O) groups is 1. The van der Waals surface area contributed by atoms with Crippen LogP contribution in [0.1, 0.15) is 50.2 Å². The van der Waals surface area contributed by atoms with Crippen LogP contribution in [0.3, 0.4) is 0 Å². The number of fused-ring (bicyclic) bond motifs is 2. The molecule has 2 bridgehead atoms. The standard InChI is InChI=1S/C18H26N2O.ClH/c1-11(2)13-5-3-12(4-6-13)10-20-18(21)16-14-7-8-15(9-14)17(16)19;/h3-6,11,14-17H,7-10,19H2,1-2H3,(H,20,21);1H. The SMILES string of the molecule is CC(C)c1ccc(CNC(=O)C2C3CCC(C3)C2N)cc1.Cl. The highest BCUT2D eigenvalue weighted by molar-refractivity contribution is 5.85. The summed E-state index contributed by atoms with van der Waals surface area (Å²) >= 11 is 0. The number of amides is 1. The van der Waals surface area contributed by atoms with Crippen LogP contribution in [0.5, 0.6) is 0 Å². The first-order chi connectivity index (χ1) is 10.1. The van der Waals surface area contributed by atoms with Crippen molar-refractivity contribution >= 4 is 18.3 Å². The van der Waals surface area contributed by atoms with Gasteiger partial charge in [-0.1, -0.05) is 38.1 Å². The Bertz CT molecular complexity index is 512. The molecule has 2 fully saturated rings. The van der Waals surface area contributed by atoms with Crippen molar-refractivity contribution in [2.24, 2.45) is 23.5 Å². The van der Waals surface area contributed by atoms with Gasteiger partial charge in [-0.05, 0) is 48.1 Å². The minimum absolute atomic E-state index is 0. The molecule has 0 radical (unpaired) electrons. The molecule has 0 aromatic heterocycles. The van der Waals surface area contributed by atoms with Crippen molar-refractivity contribution < 1.29 is 4.79 Å². The van der Waals surface area contributed by atoms with E-state index in [1.807, 2.05) is 0 Å². The zero-order valence-electron chi connectivity index (χ0n) is 13.4. The predicted octanol–water partition coefficient (Wildman–Crippen LogP) is 3.22. The Balaban J connectivity index is 0.00000176. The molecule has 1 aromatic rings. The average Bonchev–Trinajstić information content (AvgIpc) is 3.06. The van der Waals surface area contributed by atoms with E-state index in [4.69, 9.17) is 5.73 Å². The normalized spacial score (nSPS) is 29.5. The van der Waals surface area contributed by atoms with Crippen LogP contribution in [0.4, 0.5) is 0 Å². The van der Waals surface area contributed by atoms with Crippen LogP contribution in [-0.2, 0) is 11.3 Å². The molecule has 0 saturated heterocycles. The summed E-state index contributed by atoms with van der Waals surface area (Å²) in [6.07, 6.45) is 3.55. The summed E-state index contributed by atoms with van der Waals surface area (Å²) in [6, 6.07) is 8.59. The van der Waals surface area contributed by atoms with Gasteiger partial charge in [0.1, 0.15) is 0 Å². The number of benzene rings is 1. The Hall–Kier alpha value is -1.06. The number of halogens is 1. The zero-order chi connectivity index (χ0) is 15.0. The summed E-state index contributed by atoms with van der Waals surface area (Å²) in [4.78, 5) is 12.4. The highest BCUT2D eigenvalue weighted by Crippen LogP contribution is 2.47. The van der Waals surface area contributed by atoms with Gasteiger partial charge in [-0.25, -0.2) is 0 Å². The number of carbonyl (C=O) groups excluding carboxylic acids is 1. The van der Waals surface area contributed by atoms with Crippen molar-refractivity contribution in [1.29, 1.82) is 0 Å². The summed E-state index contributed by atoms with van der Waals surface area (Å²) in [6.45, 7) is 4.98. The van der Waals surface area contributed by atoms with Crippen LogP contribution in [0.15, 0.2) is 24.3 Å². The van der Waals surface area contributed by atoms with E-state index < -0.39 is 0 Å². The van der Waals surface area contributed by atoms with E-state index in [9.17, 15) is 4.79 Å². The van der Waals surface area contributed by atoms with Crippen LogP contribution in [-0.4, -0.2) is 11.9 Å². The van der Waals surface area contributed by atoms with Gasteiger partial charge in [-0.3, -0.25) is 4.79 Å². The molecule has 2 saturated carbocycles. The molecular weight excluding hydrogens is 296 g/mol. The molecule has 4 unspecified atom stereocenters. The molecule has 4 heteroatoms. The molecule has 3 rings (SSSR count). The molecule has 1 aromatic carbocycles. The van der Waals surface area contributed by atoms with E-state index in [1.54, 1.807) is 0 Å². The Morgan fingerprint density at radius 1 is 1.23 bits per heavy atom. The predicted molar refractivity (Wildman–Crippen MR) is 91.9 cm³/mol. The topological polar surface area (TPSA) is 55.1 Å². The Morgan fingerprint density at radius 3 is 2.41 bits per heavy atom. The molecule has 22 heavy (non-hydrogen) atoms. The first kappa shape index (κ1) is 17.3. The molecule has 1 amide bonds. The van der Waals surface area contributed by atoms with Gasteiger partial charge >= 0.3 is 0 Å². The first-order valence-electron chi connectivity index (χ1n) is 8.18. The smallest absolute Gasteiger partial charge is 0.225 e. The fourth-order valence-corrected chi connectivity index (χ4v) is 4.05. The molecule has 3 N–H and O–H groups in total. The molecule has 0 aliphatic heterocycles. The maximum atomic E-state index is 12.4. The molecule has 0 heterocycles. The number of nitrogens with two attached hydrogens (primary N) is 1. The first-order valence-corrected chi connectivity index (χ1v) is 8.18. The van der Waals surface area contributed by atoms with Crippen molar-refractivity contribution in [1.82, 2.24) is 5.32 Å². The molecule has 2 aliphatic carbocycles. The third-order valence-corrected chi connectivity index (χ3v) is 5.40. The highest BCUT2D eigenvalue weighted by Gasteiger charge is 2.48. The molecule has 3 nitrogen and oxygen atoms in total. The summed E-state index contributed by atoms with van der Waals surface area (Å²) in [7, 11) is 0. The summed E-state index contributed by atoms with van der Waals surface area (Å²) in [5, 5.41) is 3.09. The van der Waals surface area contributed by atoms with Gasteiger partial charge in [0.2, 0.25) is 5.91 Å². The minimum Gasteiger partial charge on any atom is -0.352 e. The van der Waals surface area contributed by atoms with Crippen LogP contribution in [0.25, 0.3) is 0 Å². The minimum atomic E-state index is 0. The Morgan fingerprint density at radius 2 is 1.86 bits per heavy atom. The lowest BCUT2D eigenvalue weighted by atomic mass is 9.84. The van der Waals surface area contributed by atoms with E-state index >= 15 is 0 Å². The van der Waals surface area contributed by atoms with E-state index in [-0.39, 0.29) is 30.3 Å². The third-order valence-electron chi connectivity index (χ3n) is 5.40. The summed E-state index contributed by atoms with van der Waals surface area (Å²) in [5.41, 5.74) is 8.72. The number of rotatable bonds is 4. The molecule has 0 spiro atoms. The lowest BCUT2D eigenvalue weighted by Gasteiger charge is -2.27. The quantitative estimate of drug-likeness (QED) is 0.894. The van der Waals surface area contributed by atoms with Crippen molar-refractivity contribution in [3.05, 3.63) is 35.4 Å². The number of hydrogen-bond donors (Lipinski definition) is 2. The van der Waals surface area contributed by atoms with Gasteiger partial charge in [0.25, 0.3) is 0 Å². The average molecular weight is 323 g/mol. The molecule has 4 atom stereocenters. The third kappa shape index (κ3) is 3.31.